The van der Waals surface area contributed by atoms with Gasteiger partial charge in [0, 0.05) is 21.5 Å². The second-order valence-corrected chi connectivity index (χ2v) is 10.6. The molecule has 184 valence electrons. The maximum absolute atomic E-state index is 12.8. The predicted octanol–water partition coefficient (Wildman–Crippen LogP) is 6.94. The first kappa shape index (κ1) is 25.7. The number of anilines is 2. The number of hydrogen-bond donors (Lipinski definition) is 2. The summed E-state index contributed by atoms with van der Waals surface area (Å²) in [6.07, 6.45) is 0. The van der Waals surface area contributed by atoms with Crippen LogP contribution in [0.4, 0.5) is 10.7 Å². The number of carbonyl (C=O) groups is 3. The van der Waals surface area contributed by atoms with Gasteiger partial charge < -0.3 is 15.4 Å². The topological polar surface area (TPSA) is 84.5 Å². The molecule has 2 aromatic heterocycles. The van der Waals surface area contributed by atoms with Crippen LogP contribution in [-0.2, 0) is 9.53 Å². The number of esters is 1. The molecule has 4 aromatic rings. The molecular weight excluding hydrogens is 513 g/mol. The highest BCUT2D eigenvalue weighted by molar-refractivity contribution is 8.00. The van der Waals surface area contributed by atoms with E-state index in [0.717, 1.165) is 21.6 Å². The number of carbonyl (C=O) groups excluding carboxylic acids is 3. The fraction of sp³-hybridized carbons (Fsp3) is 0.148. The Morgan fingerprint density at radius 1 is 0.972 bits per heavy atom. The fourth-order valence-corrected chi connectivity index (χ4v) is 5.72. The van der Waals surface area contributed by atoms with Crippen LogP contribution in [0.2, 0.25) is 0 Å². The lowest BCUT2D eigenvalue weighted by molar-refractivity contribution is -0.113. The maximum atomic E-state index is 12.8. The van der Waals surface area contributed by atoms with E-state index in [4.69, 9.17) is 4.74 Å². The number of ether oxygens (including phenoxy) is 1. The zero-order valence-electron chi connectivity index (χ0n) is 19.7. The highest BCUT2D eigenvalue weighted by Crippen LogP contribution is 2.36. The standard InChI is InChI=1S/C27H24N2O4S3/c1-3-33-27(32)24-21(18-11-9-17(2)10-12-18)15-36-26(24)29-23(30)16-35-20-7-4-6-19(14-20)28-25(31)22-8-5-13-34-22/h4-15H,3,16H2,1-2H3,(H,28,31)(H,29,30). The van der Waals surface area contributed by atoms with Gasteiger partial charge in [-0.3, -0.25) is 9.59 Å². The number of hydrogen-bond acceptors (Lipinski definition) is 7. The fourth-order valence-electron chi connectivity index (χ4n) is 3.38. The number of amides is 2. The molecule has 0 unspecified atom stereocenters. The van der Waals surface area contributed by atoms with Crippen LogP contribution in [0.5, 0.6) is 0 Å². The van der Waals surface area contributed by atoms with Gasteiger partial charge in [0.25, 0.3) is 5.91 Å². The normalized spacial score (nSPS) is 10.6. The third-order valence-electron chi connectivity index (χ3n) is 5.09. The second-order valence-electron chi connectivity index (χ2n) is 7.74. The van der Waals surface area contributed by atoms with Crippen molar-refractivity contribution >= 4 is 62.9 Å². The molecule has 0 radical (unpaired) electrons. The van der Waals surface area contributed by atoms with Crippen molar-refractivity contribution < 1.29 is 19.1 Å². The summed E-state index contributed by atoms with van der Waals surface area (Å²) in [5.41, 5.74) is 3.76. The first-order valence-electron chi connectivity index (χ1n) is 11.2. The largest absolute Gasteiger partial charge is 0.462 e. The Kier molecular flexibility index (Phi) is 8.58. The van der Waals surface area contributed by atoms with Gasteiger partial charge in [0.2, 0.25) is 5.91 Å². The van der Waals surface area contributed by atoms with Gasteiger partial charge in [-0.25, -0.2) is 4.79 Å². The number of rotatable bonds is 9. The molecule has 9 heteroatoms. The molecule has 2 amide bonds. The minimum Gasteiger partial charge on any atom is -0.462 e. The molecule has 0 saturated heterocycles. The number of thioether (sulfide) groups is 1. The Morgan fingerprint density at radius 3 is 2.50 bits per heavy atom. The summed E-state index contributed by atoms with van der Waals surface area (Å²) in [5.74, 6) is -0.733. The van der Waals surface area contributed by atoms with E-state index in [1.165, 1.54) is 34.4 Å². The Morgan fingerprint density at radius 2 is 1.78 bits per heavy atom. The summed E-state index contributed by atoms with van der Waals surface area (Å²) in [6, 6.07) is 18.8. The summed E-state index contributed by atoms with van der Waals surface area (Å²) in [5, 5.41) is 9.93. The lowest BCUT2D eigenvalue weighted by Gasteiger charge is -2.09. The summed E-state index contributed by atoms with van der Waals surface area (Å²) < 4.78 is 5.27. The van der Waals surface area contributed by atoms with Crippen molar-refractivity contribution in [1.29, 1.82) is 0 Å². The van der Waals surface area contributed by atoms with E-state index in [1.54, 1.807) is 19.1 Å². The number of nitrogens with one attached hydrogen (secondary N) is 2. The average molecular weight is 537 g/mol. The van der Waals surface area contributed by atoms with E-state index in [2.05, 4.69) is 10.6 Å². The highest BCUT2D eigenvalue weighted by Gasteiger charge is 2.23. The third kappa shape index (κ3) is 6.42. The van der Waals surface area contributed by atoms with Crippen LogP contribution >= 0.6 is 34.4 Å². The number of thiophene rings is 2. The van der Waals surface area contributed by atoms with Gasteiger partial charge in [0.05, 0.1) is 17.2 Å². The predicted molar refractivity (Wildman–Crippen MR) is 149 cm³/mol. The Balaban J connectivity index is 1.43. The van der Waals surface area contributed by atoms with E-state index < -0.39 is 5.97 Å². The zero-order chi connectivity index (χ0) is 25.5. The zero-order valence-corrected chi connectivity index (χ0v) is 22.1. The van der Waals surface area contributed by atoms with Gasteiger partial charge in [-0.1, -0.05) is 42.0 Å². The van der Waals surface area contributed by atoms with E-state index in [1.807, 2.05) is 66.2 Å². The number of benzene rings is 2. The molecular formula is C27H24N2O4S3. The second kappa shape index (κ2) is 12.0. The van der Waals surface area contributed by atoms with Crippen molar-refractivity contribution in [3.63, 3.8) is 0 Å². The highest BCUT2D eigenvalue weighted by atomic mass is 32.2. The molecule has 2 heterocycles. The Bertz CT molecular complexity index is 1360. The van der Waals surface area contributed by atoms with Crippen LogP contribution in [0, 0.1) is 6.92 Å². The van der Waals surface area contributed by atoms with Gasteiger partial charge in [0.1, 0.15) is 10.6 Å². The first-order valence-corrected chi connectivity index (χ1v) is 13.9. The van der Waals surface area contributed by atoms with Crippen LogP contribution in [0.25, 0.3) is 11.1 Å². The van der Waals surface area contributed by atoms with Crippen molar-refractivity contribution in [2.24, 2.45) is 0 Å². The van der Waals surface area contributed by atoms with Gasteiger partial charge in [-0.2, -0.15) is 0 Å². The molecule has 0 atom stereocenters. The van der Waals surface area contributed by atoms with E-state index in [0.29, 0.717) is 21.1 Å². The average Bonchev–Trinajstić information content (AvgIpc) is 3.54. The van der Waals surface area contributed by atoms with Crippen molar-refractivity contribution in [3.8, 4) is 11.1 Å². The minimum atomic E-state index is -0.466. The minimum absolute atomic E-state index is 0.141. The van der Waals surface area contributed by atoms with Gasteiger partial charge in [-0.05, 0) is 49.1 Å². The van der Waals surface area contributed by atoms with Crippen LogP contribution in [-0.4, -0.2) is 30.1 Å². The van der Waals surface area contributed by atoms with E-state index in [-0.39, 0.29) is 24.2 Å². The lowest BCUT2D eigenvalue weighted by atomic mass is 10.0. The van der Waals surface area contributed by atoms with E-state index >= 15 is 0 Å². The molecule has 0 spiro atoms. The molecule has 36 heavy (non-hydrogen) atoms. The smallest absolute Gasteiger partial charge is 0.341 e. The molecule has 0 fully saturated rings. The summed E-state index contributed by atoms with van der Waals surface area (Å²) in [7, 11) is 0. The monoisotopic (exact) mass is 536 g/mol. The van der Waals surface area contributed by atoms with Crippen LogP contribution in [0.3, 0.4) is 0 Å². The molecule has 0 aliphatic heterocycles. The molecule has 4 rings (SSSR count). The van der Waals surface area contributed by atoms with Gasteiger partial charge in [-0.15, -0.1) is 34.4 Å². The quantitative estimate of drug-likeness (QED) is 0.179. The molecule has 0 aliphatic carbocycles. The molecule has 0 bridgehead atoms. The van der Waals surface area contributed by atoms with Crippen LogP contribution < -0.4 is 10.6 Å². The lowest BCUT2D eigenvalue weighted by Crippen LogP contribution is -2.16. The Labute approximate surface area is 221 Å². The SMILES string of the molecule is CCOC(=O)c1c(-c2ccc(C)cc2)csc1NC(=O)CSc1cccc(NC(=O)c2cccs2)c1. The van der Waals surface area contributed by atoms with Crippen LogP contribution in [0.1, 0.15) is 32.5 Å². The van der Waals surface area contributed by atoms with Crippen molar-refractivity contribution in [2.45, 2.75) is 18.7 Å². The molecule has 6 nitrogen and oxygen atoms in total. The van der Waals surface area contributed by atoms with Crippen molar-refractivity contribution in [1.82, 2.24) is 0 Å². The van der Waals surface area contributed by atoms with Gasteiger partial charge >= 0.3 is 5.97 Å². The molecule has 2 N–H and O–H groups in total. The Hall–Kier alpha value is -3.40. The van der Waals surface area contributed by atoms with Gasteiger partial charge in [0.15, 0.2) is 0 Å². The van der Waals surface area contributed by atoms with Crippen LogP contribution in [0.15, 0.2) is 76.3 Å². The maximum Gasteiger partial charge on any atom is 0.341 e. The molecule has 0 aliphatic rings. The summed E-state index contributed by atoms with van der Waals surface area (Å²) in [6.45, 7) is 3.99. The summed E-state index contributed by atoms with van der Waals surface area (Å²) >= 11 is 4.02. The third-order valence-corrected chi connectivity index (χ3v) is 7.85. The first-order chi connectivity index (χ1) is 17.4. The van der Waals surface area contributed by atoms with Crippen molar-refractivity contribution in [3.05, 3.63) is 87.4 Å². The molecule has 2 aromatic carbocycles. The van der Waals surface area contributed by atoms with E-state index in [9.17, 15) is 14.4 Å². The van der Waals surface area contributed by atoms with Crippen molar-refractivity contribution in [2.75, 3.05) is 23.0 Å². The number of aryl methyl sites for hydroxylation is 1. The molecule has 0 saturated carbocycles. The summed E-state index contributed by atoms with van der Waals surface area (Å²) in [4.78, 5) is 39.3.